The van der Waals surface area contributed by atoms with Crippen LogP contribution in [0.25, 0.3) is 0 Å². The minimum Gasteiger partial charge on any atom is -0.480 e. The molecule has 2 saturated heterocycles. The van der Waals surface area contributed by atoms with Crippen molar-refractivity contribution in [1.29, 1.82) is 0 Å². The van der Waals surface area contributed by atoms with Crippen molar-refractivity contribution < 1.29 is 19.4 Å². The predicted molar refractivity (Wildman–Crippen MR) is 69.0 cm³/mol. The van der Waals surface area contributed by atoms with E-state index in [4.69, 9.17) is 9.84 Å². The van der Waals surface area contributed by atoms with Gasteiger partial charge in [-0.05, 0) is 32.6 Å². The Morgan fingerprint density at radius 3 is 2.74 bits per heavy atom. The van der Waals surface area contributed by atoms with Crippen molar-refractivity contribution in [2.24, 2.45) is 0 Å². The highest BCUT2D eigenvalue weighted by molar-refractivity contribution is 5.83. The first kappa shape index (κ1) is 14.1. The molecule has 0 radical (unpaired) electrons. The molecule has 2 amide bonds. The summed E-state index contributed by atoms with van der Waals surface area (Å²) in [7, 11) is 0. The number of hydrogen-bond acceptors (Lipinski definition) is 3. The molecular formula is C13H22N2O4. The molecule has 2 fully saturated rings. The first-order valence-electron chi connectivity index (χ1n) is 7.03. The molecular weight excluding hydrogens is 248 g/mol. The summed E-state index contributed by atoms with van der Waals surface area (Å²) < 4.78 is 5.54. The SMILES string of the molecule is CCN(CC1CCCO1)C(=O)N1CCCC1C(=O)O. The monoisotopic (exact) mass is 270 g/mol. The molecule has 0 aromatic rings. The second-order valence-electron chi connectivity index (χ2n) is 5.15. The van der Waals surface area contributed by atoms with E-state index in [2.05, 4.69) is 0 Å². The summed E-state index contributed by atoms with van der Waals surface area (Å²) in [5, 5.41) is 9.13. The molecule has 2 aliphatic heterocycles. The van der Waals surface area contributed by atoms with Crippen LogP contribution in [0.2, 0.25) is 0 Å². The Bertz CT molecular complexity index is 342. The van der Waals surface area contributed by atoms with Crippen molar-refractivity contribution in [3.63, 3.8) is 0 Å². The van der Waals surface area contributed by atoms with Crippen molar-refractivity contribution in [1.82, 2.24) is 9.80 Å². The Morgan fingerprint density at radius 1 is 1.37 bits per heavy atom. The molecule has 1 N–H and O–H groups in total. The van der Waals surface area contributed by atoms with Gasteiger partial charge in [0.05, 0.1) is 6.10 Å². The van der Waals surface area contributed by atoms with E-state index in [0.29, 0.717) is 26.1 Å². The molecule has 0 aliphatic carbocycles. The Morgan fingerprint density at radius 2 is 2.16 bits per heavy atom. The molecule has 6 heteroatoms. The van der Waals surface area contributed by atoms with Gasteiger partial charge in [0.2, 0.25) is 0 Å². The van der Waals surface area contributed by atoms with Gasteiger partial charge in [-0.15, -0.1) is 0 Å². The first-order chi connectivity index (χ1) is 9.13. The molecule has 2 unspecified atom stereocenters. The van der Waals surface area contributed by atoms with E-state index >= 15 is 0 Å². The number of likely N-dealkylation sites (N-methyl/N-ethyl adjacent to an activating group) is 1. The number of ether oxygens (including phenoxy) is 1. The van der Waals surface area contributed by atoms with E-state index in [0.717, 1.165) is 25.9 Å². The number of carboxylic acids is 1. The largest absolute Gasteiger partial charge is 0.480 e. The van der Waals surface area contributed by atoms with Crippen molar-refractivity contribution in [3.8, 4) is 0 Å². The van der Waals surface area contributed by atoms with Gasteiger partial charge in [-0.3, -0.25) is 0 Å². The second-order valence-corrected chi connectivity index (χ2v) is 5.15. The molecule has 0 bridgehead atoms. The molecule has 19 heavy (non-hydrogen) atoms. The lowest BCUT2D eigenvalue weighted by Crippen LogP contribution is -2.49. The van der Waals surface area contributed by atoms with Gasteiger partial charge >= 0.3 is 12.0 Å². The zero-order valence-electron chi connectivity index (χ0n) is 11.4. The molecule has 0 spiro atoms. The molecule has 2 rings (SSSR count). The average molecular weight is 270 g/mol. The number of carboxylic acid groups (broad SMARTS) is 1. The van der Waals surface area contributed by atoms with Crippen LogP contribution in [-0.2, 0) is 9.53 Å². The second kappa shape index (κ2) is 6.23. The maximum atomic E-state index is 12.4. The number of likely N-dealkylation sites (tertiary alicyclic amines) is 1. The lowest BCUT2D eigenvalue weighted by molar-refractivity contribution is -0.141. The molecule has 0 aromatic heterocycles. The standard InChI is InChI=1S/C13H22N2O4/c1-2-14(9-10-5-4-8-19-10)13(18)15-7-3-6-11(15)12(16)17/h10-11H,2-9H2,1H3,(H,16,17). The highest BCUT2D eigenvalue weighted by Crippen LogP contribution is 2.20. The molecule has 0 aromatic carbocycles. The van der Waals surface area contributed by atoms with E-state index in [1.807, 2.05) is 6.92 Å². The fourth-order valence-corrected chi connectivity index (χ4v) is 2.81. The number of nitrogens with zero attached hydrogens (tertiary/aromatic N) is 2. The van der Waals surface area contributed by atoms with E-state index in [9.17, 15) is 9.59 Å². The molecule has 108 valence electrons. The Labute approximate surface area is 113 Å². The lowest BCUT2D eigenvalue weighted by atomic mass is 10.2. The normalized spacial score (nSPS) is 26.7. The van der Waals surface area contributed by atoms with Crippen molar-refractivity contribution in [2.75, 3.05) is 26.2 Å². The van der Waals surface area contributed by atoms with Gasteiger partial charge in [-0.25, -0.2) is 9.59 Å². The van der Waals surface area contributed by atoms with E-state index in [-0.39, 0.29) is 12.1 Å². The fourth-order valence-electron chi connectivity index (χ4n) is 2.81. The van der Waals surface area contributed by atoms with Crippen LogP contribution in [0.4, 0.5) is 4.79 Å². The summed E-state index contributed by atoms with van der Waals surface area (Å²) in [6, 6.07) is -0.825. The topological polar surface area (TPSA) is 70.1 Å². The predicted octanol–water partition coefficient (Wildman–Crippen LogP) is 1.16. The summed E-state index contributed by atoms with van der Waals surface area (Å²) >= 11 is 0. The smallest absolute Gasteiger partial charge is 0.326 e. The number of aliphatic carboxylic acids is 1. The highest BCUT2D eigenvalue weighted by Gasteiger charge is 2.36. The van der Waals surface area contributed by atoms with Crippen LogP contribution in [0, 0.1) is 0 Å². The number of urea groups is 1. The zero-order chi connectivity index (χ0) is 13.8. The van der Waals surface area contributed by atoms with Gasteiger partial charge in [0.25, 0.3) is 0 Å². The number of rotatable bonds is 4. The summed E-state index contributed by atoms with van der Waals surface area (Å²) in [5.41, 5.74) is 0. The molecule has 2 atom stereocenters. The Balaban J connectivity index is 1.96. The first-order valence-corrected chi connectivity index (χ1v) is 7.03. The number of hydrogen-bond donors (Lipinski definition) is 1. The summed E-state index contributed by atoms with van der Waals surface area (Å²) in [6.45, 7) is 4.37. The van der Waals surface area contributed by atoms with Crippen molar-refractivity contribution in [3.05, 3.63) is 0 Å². The van der Waals surface area contributed by atoms with Gasteiger partial charge in [-0.1, -0.05) is 0 Å². The summed E-state index contributed by atoms with van der Waals surface area (Å²) in [5.74, 6) is -0.904. The third-order valence-corrected chi connectivity index (χ3v) is 3.88. The number of amides is 2. The number of carbonyl (C=O) groups excluding carboxylic acids is 1. The molecule has 2 heterocycles. The van der Waals surface area contributed by atoms with Crippen LogP contribution in [0.3, 0.4) is 0 Å². The third kappa shape index (κ3) is 3.18. The van der Waals surface area contributed by atoms with Crippen LogP contribution < -0.4 is 0 Å². The van der Waals surface area contributed by atoms with Crippen LogP contribution in [0.15, 0.2) is 0 Å². The van der Waals surface area contributed by atoms with Crippen LogP contribution in [0.5, 0.6) is 0 Å². The Kier molecular flexibility index (Phi) is 4.63. The quantitative estimate of drug-likeness (QED) is 0.832. The van der Waals surface area contributed by atoms with Crippen molar-refractivity contribution in [2.45, 2.75) is 44.8 Å². The van der Waals surface area contributed by atoms with Gasteiger partial charge in [0.15, 0.2) is 0 Å². The van der Waals surface area contributed by atoms with Crippen LogP contribution in [-0.4, -0.2) is 65.3 Å². The number of carbonyl (C=O) groups is 2. The van der Waals surface area contributed by atoms with Crippen molar-refractivity contribution >= 4 is 12.0 Å². The van der Waals surface area contributed by atoms with Gasteiger partial charge in [0, 0.05) is 26.2 Å². The van der Waals surface area contributed by atoms with E-state index < -0.39 is 12.0 Å². The maximum Gasteiger partial charge on any atom is 0.326 e. The highest BCUT2D eigenvalue weighted by atomic mass is 16.5. The Hall–Kier alpha value is -1.30. The maximum absolute atomic E-state index is 12.4. The van der Waals surface area contributed by atoms with Crippen LogP contribution >= 0.6 is 0 Å². The minimum atomic E-state index is -0.904. The lowest BCUT2D eigenvalue weighted by Gasteiger charge is -2.31. The third-order valence-electron chi connectivity index (χ3n) is 3.88. The van der Waals surface area contributed by atoms with E-state index in [1.165, 1.54) is 4.90 Å². The average Bonchev–Trinajstić information content (AvgIpc) is 3.05. The fraction of sp³-hybridized carbons (Fsp3) is 0.846. The van der Waals surface area contributed by atoms with Crippen LogP contribution in [0.1, 0.15) is 32.6 Å². The van der Waals surface area contributed by atoms with Gasteiger partial charge in [-0.2, -0.15) is 0 Å². The van der Waals surface area contributed by atoms with Gasteiger partial charge in [0.1, 0.15) is 6.04 Å². The molecule has 2 aliphatic rings. The zero-order valence-corrected chi connectivity index (χ0v) is 11.4. The minimum absolute atomic E-state index is 0.106. The van der Waals surface area contributed by atoms with E-state index in [1.54, 1.807) is 4.90 Å². The summed E-state index contributed by atoms with van der Waals surface area (Å²) in [4.78, 5) is 26.7. The summed E-state index contributed by atoms with van der Waals surface area (Å²) in [6.07, 6.45) is 3.44. The van der Waals surface area contributed by atoms with Gasteiger partial charge < -0.3 is 19.6 Å². The molecule has 6 nitrogen and oxygen atoms in total. The molecule has 0 saturated carbocycles.